The van der Waals surface area contributed by atoms with Gasteiger partial charge in [-0.25, -0.2) is 4.79 Å². The zero-order chi connectivity index (χ0) is 15.0. The van der Waals surface area contributed by atoms with E-state index in [1.807, 2.05) is 0 Å². The van der Waals surface area contributed by atoms with Crippen LogP contribution in [0.1, 0.15) is 19.8 Å². The monoisotopic (exact) mass is 325 g/mol. The maximum atomic E-state index is 12.3. The SMILES string of the molecule is C[C@H]1C[C@@H](C(=O)Nc2ccc3c(c2)oc(=O)n3C)CCN1.Cl. The number of anilines is 1. The minimum atomic E-state index is -0.402. The number of hydrogen-bond acceptors (Lipinski definition) is 4. The number of nitrogens with one attached hydrogen (secondary N) is 2. The summed E-state index contributed by atoms with van der Waals surface area (Å²) in [4.78, 5) is 23.7. The number of aromatic nitrogens is 1. The van der Waals surface area contributed by atoms with Gasteiger partial charge in [-0.15, -0.1) is 12.4 Å². The maximum Gasteiger partial charge on any atom is 0.419 e. The molecule has 1 aromatic heterocycles. The lowest BCUT2D eigenvalue weighted by Crippen LogP contribution is -2.40. The Labute approximate surface area is 134 Å². The summed E-state index contributed by atoms with van der Waals surface area (Å²) in [7, 11) is 1.66. The normalized spacial score (nSPS) is 21.4. The quantitative estimate of drug-likeness (QED) is 0.884. The van der Waals surface area contributed by atoms with Crippen LogP contribution in [-0.4, -0.2) is 23.1 Å². The molecule has 2 atom stereocenters. The van der Waals surface area contributed by atoms with Crippen LogP contribution >= 0.6 is 12.4 Å². The standard InChI is InChI=1S/C15H19N3O3.ClH/c1-9-7-10(5-6-16-9)14(19)17-11-3-4-12-13(8-11)21-15(20)18(12)2;/h3-4,8-10,16H,5-7H2,1-2H3,(H,17,19);1H/t9-,10-;/m0./s1. The minimum Gasteiger partial charge on any atom is -0.408 e. The molecule has 1 aliphatic heterocycles. The molecule has 0 unspecified atom stereocenters. The van der Waals surface area contributed by atoms with Gasteiger partial charge in [0.15, 0.2) is 5.58 Å². The lowest BCUT2D eigenvalue weighted by Gasteiger charge is -2.27. The van der Waals surface area contributed by atoms with Crippen molar-refractivity contribution in [2.75, 3.05) is 11.9 Å². The van der Waals surface area contributed by atoms with Crippen molar-refractivity contribution in [3.8, 4) is 0 Å². The van der Waals surface area contributed by atoms with E-state index in [0.717, 1.165) is 19.4 Å². The van der Waals surface area contributed by atoms with Crippen molar-refractivity contribution in [1.82, 2.24) is 9.88 Å². The van der Waals surface area contributed by atoms with Crippen LogP contribution in [0.15, 0.2) is 27.4 Å². The Balaban J connectivity index is 0.00000176. The third-order valence-corrected chi connectivity index (χ3v) is 4.05. The van der Waals surface area contributed by atoms with E-state index in [0.29, 0.717) is 22.8 Å². The first kappa shape index (κ1) is 16.6. The molecule has 2 aromatic rings. The van der Waals surface area contributed by atoms with Gasteiger partial charge in [0.1, 0.15) is 0 Å². The van der Waals surface area contributed by atoms with Crippen LogP contribution in [0.25, 0.3) is 11.1 Å². The molecule has 2 N–H and O–H groups in total. The Morgan fingerprint density at radius 2 is 2.23 bits per heavy atom. The molecular weight excluding hydrogens is 306 g/mol. The molecule has 0 bridgehead atoms. The average Bonchev–Trinajstić information content (AvgIpc) is 2.73. The first-order valence-electron chi connectivity index (χ1n) is 7.18. The summed E-state index contributed by atoms with van der Waals surface area (Å²) < 4.78 is 6.57. The molecule has 0 aliphatic carbocycles. The number of halogens is 1. The highest BCUT2D eigenvalue weighted by Gasteiger charge is 2.24. The Morgan fingerprint density at radius 3 is 2.95 bits per heavy atom. The van der Waals surface area contributed by atoms with Gasteiger partial charge in [-0.05, 0) is 38.4 Å². The molecule has 3 rings (SSSR count). The lowest BCUT2D eigenvalue weighted by atomic mass is 9.92. The molecule has 1 saturated heterocycles. The average molecular weight is 326 g/mol. The van der Waals surface area contributed by atoms with Crippen LogP contribution in [0.4, 0.5) is 5.69 Å². The first-order valence-corrected chi connectivity index (χ1v) is 7.18. The summed E-state index contributed by atoms with van der Waals surface area (Å²) in [6.45, 7) is 2.95. The highest BCUT2D eigenvalue weighted by molar-refractivity contribution is 5.94. The van der Waals surface area contributed by atoms with E-state index in [9.17, 15) is 9.59 Å². The number of fused-ring (bicyclic) bond motifs is 1. The van der Waals surface area contributed by atoms with E-state index in [-0.39, 0.29) is 24.2 Å². The van der Waals surface area contributed by atoms with E-state index < -0.39 is 5.76 Å². The van der Waals surface area contributed by atoms with Crippen molar-refractivity contribution in [2.45, 2.75) is 25.8 Å². The van der Waals surface area contributed by atoms with Crippen molar-refractivity contribution < 1.29 is 9.21 Å². The van der Waals surface area contributed by atoms with Crippen LogP contribution in [0.2, 0.25) is 0 Å². The predicted molar refractivity (Wildman–Crippen MR) is 87.5 cm³/mol. The zero-order valence-corrected chi connectivity index (χ0v) is 13.4. The fourth-order valence-electron chi connectivity index (χ4n) is 2.83. The zero-order valence-electron chi connectivity index (χ0n) is 12.6. The second-order valence-electron chi connectivity index (χ2n) is 5.68. The number of nitrogens with zero attached hydrogens (tertiary/aromatic N) is 1. The number of benzene rings is 1. The van der Waals surface area contributed by atoms with Gasteiger partial charge in [-0.2, -0.15) is 0 Å². The largest absolute Gasteiger partial charge is 0.419 e. The summed E-state index contributed by atoms with van der Waals surface area (Å²) in [6.07, 6.45) is 1.69. The summed E-state index contributed by atoms with van der Waals surface area (Å²) in [5.41, 5.74) is 1.86. The number of piperidine rings is 1. The van der Waals surface area contributed by atoms with Crippen LogP contribution in [0.5, 0.6) is 0 Å². The molecule has 7 heteroatoms. The summed E-state index contributed by atoms with van der Waals surface area (Å²) >= 11 is 0. The molecule has 1 fully saturated rings. The number of aryl methyl sites for hydroxylation is 1. The van der Waals surface area contributed by atoms with Gasteiger partial charge in [-0.1, -0.05) is 0 Å². The highest BCUT2D eigenvalue weighted by Crippen LogP contribution is 2.21. The minimum absolute atomic E-state index is 0. The topological polar surface area (TPSA) is 76.3 Å². The van der Waals surface area contributed by atoms with Crippen LogP contribution in [0, 0.1) is 5.92 Å². The van der Waals surface area contributed by atoms with Crippen LogP contribution in [0.3, 0.4) is 0 Å². The summed E-state index contributed by atoms with van der Waals surface area (Å²) in [6, 6.07) is 5.63. The summed E-state index contributed by atoms with van der Waals surface area (Å²) in [5.74, 6) is -0.346. The van der Waals surface area contributed by atoms with Gasteiger partial charge in [0.2, 0.25) is 5.91 Å². The van der Waals surface area contributed by atoms with Crippen molar-refractivity contribution >= 4 is 35.1 Å². The number of hydrogen-bond donors (Lipinski definition) is 2. The van der Waals surface area contributed by atoms with Gasteiger partial charge in [0, 0.05) is 30.8 Å². The number of carbonyl (C=O) groups is 1. The van der Waals surface area contributed by atoms with Gasteiger partial charge in [0.25, 0.3) is 0 Å². The number of amides is 1. The van der Waals surface area contributed by atoms with Gasteiger partial charge in [-0.3, -0.25) is 9.36 Å². The molecule has 0 saturated carbocycles. The van der Waals surface area contributed by atoms with Crippen molar-refractivity contribution in [3.05, 3.63) is 28.7 Å². The lowest BCUT2D eigenvalue weighted by molar-refractivity contribution is -0.120. The number of rotatable bonds is 2. The molecule has 22 heavy (non-hydrogen) atoms. The summed E-state index contributed by atoms with van der Waals surface area (Å²) in [5, 5.41) is 6.25. The molecule has 1 aliphatic rings. The molecule has 120 valence electrons. The maximum absolute atomic E-state index is 12.3. The molecular formula is C15H20ClN3O3. The number of carbonyl (C=O) groups excluding carboxylic acids is 1. The molecule has 0 spiro atoms. The van der Waals surface area contributed by atoms with Gasteiger partial charge < -0.3 is 15.1 Å². The Kier molecular flexibility index (Phi) is 4.93. The van der Waals surface area contributed by atoms with Crippen molar-refractivity contribution in [1.29, 1.82) is 0 Å². The predicted octanol–water partition coefficient (Wildman–Crippen LogP) is 1.88. The first-order chi connectivity index (χ1) is 10.0. The fraction of sp³-hybridized carbons (Fsp3) is 0.467. The Bertz CT molecular complexity index is 737. The van der Waals surface area contributed by atoms with E-state index >= 15 is 0 Å². The Hall–Kier alpha value is -1.79. The number of oxazole rings is 1. The van der Waals surface area contributed by atoms with E-state index in [1.165, 1.54) is 4.57 Å². The van der Waals surface area contributed by atoms with E-state index in [1.54, 1.807) is 25.2 Å². The van der Waals surface area contributed by atoms with Crippen molar-refractivity contribution in [3.63, 3.8) is 0 Å². The smallest absolute Gasteiger partial charge is 0.408 e. The molecule has 2 heterocycles. The van der Waals surface area contributed by atoms with Gasteiger partial charge in [0.05, 0.1) is 5.52 Å². The van der Waals surface area contributed by atoms with Crippen LogP contribution < -0.4 is 16.4 Å². The molecule has 6 nitrogen and oxygen atoms in total. The molecule has 1 amide bonds. The molecule has 0 radical (unpaired) electrons. The van der Waals surface area contributed by atoms with Crippen LogP contribution in [-0.2, 0) is 11.8 Å². The van der Waals surface area contributed by atoms with Gasteiger partial charge >= 0.3 is 5.76 Å². The third-order valence-electron chi connectivity index (χ3n) is 4.05. The highest BCUT2D eigenvalue weighted by atomic mass is 35.5. The second kappa shape index (κ2) is 6.54. The third kappa shape index (κ3) is 3.18. The second-order valence-corrected chi connectivity index (χ2v) is 5.68. The Morgan fingerprint density at radius 1 is 1.45 bits per heavy atom. The van der Waals surface area contributed by atoms with E-state index in [2.05, 4.69) is 17.6 Å². The molecule has 1 aromatic carbocycles. The van der Waals surface area contributed by atoms with Crippen molar-refractivity contribution in [2.24, 2.45) is 13.0 Å². The van der Waals surface area contributed by atoms with E-state index in [4.69, 9.17) is 4.42 Å². The fourth-order valence-corrected chi connectivity index (χ4v) is 2.83.